The first-order valence-corrected chi connectivity index (χ1v) is 9.13. The van der Waals surface area contributed by atoms with E-state index in [4.69, 9.17) is 12.2 Å². The fourth-order valence-corrected chi connectivity index (χ4v) is 3.38. The molecule has 1 aromatic rings. The number of non-ortho nitro benzene ring substituents is 1. The van der Waals surface area contributed by atoms with Crippen molar-refractivity contribution in [1.29, 1.82) is 0 Å². The largest absolute Gasteiger partial charge is 0.356 e. The molecule has 6 nitrogen and oxygen atoms in total. The number of hydrazone groups is 1. The van der Waals surface area contributed by atoms with Crippen LogP contribution in [0.25, 0.3) is 0 Å². The van der Waals surface area contributed by atoms with Crippen LogP contribution in [0, 0.1) is 16.0 Å². The van der Waals surface area contributed by atoms with Crippen LogP contribution in [0.5, 0.6) is 0 Å². The number of benzene rings is 1. The van der Waals surface area contributed by atoms with E-state index in [1.54, 1.807) is 12.1 Å². The SMILES string of the molecule is CC1=CC[C@H](C(C)(C)NC(=S)N/N=C(\C)c2ccc([N+](=O)[O-])cc2)CC1. The van der Waals surface area contributed by atoms with E-state index < -0.39 is 4.92 Å². The van der Waals surface area contributed by atoms with Crippen molar-refractivity contribution in [3.63, 3.8) is 0 Å². The Morgan fingerprint density at radius 2 is 2.00 bits per heavy atom. The molecule has 1 aromatic carbocycles. The first-order chi connectivity index (χ1) is 12.2. The number of allylic oxidation sites excluding steroid dienone is 2. The average molecular weight is 375 g/mol. The molecule has 7 heteroatoms. The highest BCUT2D eigenvalue weighted by atomic mass is 32.1. The molecule has 1 aliphatic carbocycles. The van der Waals surface area contributed by atoms with Crippen LogP contribution in [-0.2, 0) is 0 Å². The van der Waals surface area contributed by atoms with Gasteiger partial charge in [-0.3, -0.25) is 15.5 Å². The molecule has 0 unspecified atom stereocenters. The van der Waals surface area contributed by atoms with E-state index >= 15 is 0 Å². The molecule has 2 rings (SSSR count). The summed E-state index contributed by atoms with van der Waals surface area (Å²) in [5.74, 6) is 0.519. The van der Waals surface area contributed by atoms with Crippen LogP contribution in [0.4, 0.5) is 5.69 Å². The highest BCUT2D eigenvalue weighted by Crippen LogP contribution is 2.31. The molecule has 26 heavy (non-hydrogen) atoms. The first-order valence-electron chi connectivity index (χ1n) is 8.72. The Hall–Kier alpha value is -2.28. The minimum absolute atomic E-state index is 0.0604. The summed E-state index contributed by atoms with van der Waals surface area (Å²) in [5, 5.41) is 18.8. The second kappa shape index (κ2) is 8.40. The van der Waals surface area contributed by atoms with Crippen molar-refractivity contribution >= 4 is 28.7 Å². The number of hydrogen-bond acceptors (Lipinski definition) is 4. The second-order valence-electron chi connectivity index (χ2n) is 7.31. The Morgan fingerprint density at radius 1 is 1.35 bits per heavy atom. The third-order valence-corrected chi connectivity index (χ3v) is 5.11. The van der Waals surface area contributed by atoms with Crippen LogP contribution in [-0.4, -0.2) is 21.3 Å². The second-order valence-corrected chi connectivity index (χ2v) is 7.72. The normalized spacial score (nSPS) is 18.1. The van der Waals surface area contributed by atoms with E-state index in [1.165, 1.54) is 17.7 Å². The van der Waals surface area contributed by atoms with Gasteiger partial charge in [-0.25, -0.2) is 0 Å². The highest BCUT2D eigenvalue weighted by molar-refractivity contribution is 7.80. The van der Waals surface area contributed by atoms with Gasteiger partial charge in [0, 0.05) is 17.7 Å². The molecule has 0 fully saturated rings. The van der Waals surface area contributed by atoms with Crippen molar-refractivity contribution in [1.82, 2.24) is 10.7 Å². The quantitative estimate of drug-likeness (QED) is 0.264. The maximum Gasteiger partial charge on any atom is 0.269 e. The molecule has 1 atom stereocenters. The van der Waals surface area contributed by atoms with Gasteiger partial charge < -0.3 is 5.32 Å². The predicted octanol–water partition coefficient (Wildman–Crippen LogP) is 4.31. The predicted molar refractivity (Wildman–Crippen MR) is 109 cm³/mol. The lowest BCUT2D eigenvalue weighted by Crippen LogP contribution is -2.52. The molecule has 1 aliphatic rings. The van der Waals surface area contributed by atoms with Gasteiger partial charge >= 0.3 is 0 Å². The van der Waals surface area contributed by atoms with Crippen LogP contribution in [0.1, 0.15) is 52.5 Å². The maximum atomic E-state index is 10.7. The molecular weight excluding hydrogens is 348 g/mol. The molecule has 0 aromatic heterocycles. The van der Waals surface area contributed by atoms with Gasteiger partial charge in [0.25, 0.3) is 5.69 Å². The number of nitrogens with one attached hydrogen (secondary N) is 2. The summed E-state index contributed by atoms with van der Waals surface area (Å²) in [5.41, 5.74) is 5.78. The third-order valence-electron chi connectivity index (χ3n) is 4.92. The topological polar surface area (TPSA) is 79.6 Å². The summed E-state index contributed by atoms with van der Waals surface area (Å²) in [6.45, 7) is 8.33. The Labute approximate surface area is 159 Å². The lowest BCUT2D eigenvalue weighted by molar-refractivity contribution is -0.384. The van der Waals surface area contributed by atoms with E-state index in [9.17, 15) is 10.1 Å². The number of nitro groups is 1. The summed E-state index contributed by atoms with van der Waals surface area (Å²) in [7, 11) is 0. The van der Waals surface area contributed by atoms with Gasteiger partial charge in [0.1, 0.15) is 0 Å². The van der Waals surface area contributed by atoms with E-state index in [0.29, 0.717) is 16.7 Å². The smallest absolute Gasteiger partial charge is 0.269 e. The summed E-state index contributed by atoms with van der Waals surface area (Å²) in [4.78, 5) is 10.3. The lowest BCUT2D eigenvalue weighted by Gasteiger charge is -2.37. The monoisotopic (exact) mass is 374 g/mol. The number of nitrogens with zero attached hydrogens (tertiary/aromatic N) is 2. The zero-order valence-corrected chi connectivity index (χ0v) is 16.5. The molecule has 0 heterocycles. The van der Waals surface area contributed by atoms with Gasteiger partial charge in [-0.2, -0.15) is 5.10 Å². The van der Waals surface area contributed by atoms with Gasteiger partial charge in [-0.05, 0) is 82.8 Å². The van der Waals surface area contributed by atoms with E-state index in [1.807, 2.05) is 6.92 Å². The van der Waals surface area contributed by atoms with Gasteiger partial charge in [0.05, 0.1) is 10.6 Å². The standard InChI is InChI=1S/C19H26N4O2S/c1-13-5-9-16(10-6-13)19(3,4)20-18(26)22-21-14(2)15-7-11-17(12-8-15)23(24)25/h5,7-8,11-12,16H,6,9-10H2,1-4H3,(H2,20,22,26)/b21-14+/t16-/m0/s1. The molecule has 0 amide bonds. The molecular formula is C19H26N4O2S. The average Bonchev–Trinajstić information content (AvgIpc) is 2.59. The van der Waals surface area contributed by atoms with Crippen LogP contribution < -0.4 is 10.7 Å². The minimum Gasteiger partial charge on any atom is -0.356 e. The van der Waals surface area contributed by atoms with Crippen LogP contribution >= 0.6 is 12.2 Å². The number of nitro benzene ring substituents is 1. The first kappa shape index (κ1) is 20.0. The van der Waals surface area contributed by atoms with Crippen LogP contribution in [0.2, 0.25) is 0 Å². The summed E-state index contributed by atoms with van der Waals surface area (Å²) >= 11 is 5.38. The Bertz CT molecular complexity index is 738. The number of hydrogen-bond donors (Lipinski definition) is 2. The molecule has 0 bridgehead atoms. The van der Waals surface area contributed by atoms with E-state index in [0.717, 1.165) is 24.8 Å². The zero-order valence-electron chi connectivity index (χ0n) is 15.7. The Kier molecular flexibility index (Phi) is 6.47. The van der Waals surface area contributed by atoms with Crippen molar-refractivity contribution in [3.8, 4) is 0 Å². The van der Waals surface area contributed by atoms with Crippen LogP contribution in [0.15, 0.2) is 41.0 Å². The Balaban J connectivity index is 1.94. The number of thiocarbonyl (C=S) groups is 1. The Morgan fingerprint density at radius 3 is 2.54 bits per heavy atom. The van der Waals surface area contributed by atoms with Crippen molar-refractivity contribution in [2.24, 2.45) is 11.0 Å². The van der Waals surface area contributed by atoms with Gasteiger partial charge in [0.2, 0.25) is 0 Å². The molecule has 2 N–H and O–H groups in total. The fraction of sp³-hybridized carbons (Fsp3) is 0.474. The van der Waals surface area contributed by atoms with Crippen molar-refractivity contribution in [2.45, 2.75) is 52.5 Å². The highest BCUT2D eigenvalue weighted by Gasteiger charge is 2.30. The van der Waals surface area contributed by atoms with Crippen molar-refractivity contribution in [3.05, 3.63) is 51.6 Å². The minimum atomic E-state index is -0.419. The molecule has 0 saturated heterocycles. The molecule has 0 saturated carbocycles. The summed E-state index contributed by atoms with van der Waals surface area (Å²) in [6.07, 6.45) is 5.65. The molecule has 0 spiro atoms. The molecule has 140 valence electrons. The zero-order chi connectivity index (χ0) is 19.3. The van der Waals surface area contributed by atoms with Crippen molar-refractivity contribution < 1.29 is 4.92 Å². The van der Waals surface area contributed by atoms with Crippen molar-refractivity contribution in [2.75, 3.05) is 0 Å². The lowest BCUT2D eigenvalue weighted by atomic mass is 9.77. The fourth-order valence-electron chi connectivity index (χ4n) is 3.07. The molecule has 0 radical (unpaired) electrons. The number of rotatable bonds is 5. The third kappa shape index (κ3) is 5.36. The summed E-state index contributed by atoms with van der Waals surface area (Å²) < 4.78 is 0. The van der Waals surface area contributed by atoms with Gasteiger partial charge in [-0.15, -0.1) is 0 Å². The van der Waals surface area contributed by atoms with Crippen LogP contribution in [0.3, 0.4) is 0 Å². The van der Waals surface area contributed by atoms with E-state index in [-0.39, 0.29) is 11.2 Å². The van der Waals surface area contributed by atoms with Gasteiger partial charge in [0.15, 0.2) is 5.11 Å². The molecule has 0 aliphatic heterocycles. The maximum absolute atomic E-state index is 10.7. The van der Waals surface area contributed by atoms with Gasteiger partial charge in [-0.1, -0.05) is 11.6 Å². The van der Waals surface area contributed by atoms with E-state index in [2.05, 4.69) is 42.7 Å². The summed E-state index contributed by atoms with van der Waals surface area (Å²) in [6, 6.07) is 6.28.